The standard InChI is InChI=1S/C16H13BrClF2IN2O3/c1-25-4-5-26-23-16(24)9-7-10(17)13(19)14(20)15(9)22-12-3-2-8(21)6-11(12)18/h2-3,6-7,22H,4-5H2,1H3,(H,23,24). The zero-order valence-corrected chi connectivity index (χ0v) is 17.8. The van der Waals surface area contributed by atoms with Gasteiger partial charge in [-0.1, -0.05) is 11.6 Å². The molecule has 0 aliphatic carbocycles. The SMILES string of the molecule is COCCONC(=O)c1cc(Br)c(F)c(F)c1Nc1ccc(I)cc1Cl. The summed E-state index contributed by atoms with van der Waals surface area (Å²) in [5.41, 5.74) is 1.95. The van der Waals surface area contributed by atoms with Gasteiger partial charge in [-0.2, -0.15) is 0 Å². The van der Waals surface area contributed by atoms with E-state index in [4.69, 9.17) is 21.2 Å². The lowest BCUT2D eigenvalue weighted by molar-refractivity contribution is 0.00891. The number of rotatable bonds is 7. The average molecular weight is 562 g/mol. The molecule has 0 unspecified atom stereocenters. The quantitative estimate of drug-likeness (QED) is 0.215. The maximum absolute atomic E-state index is 14.5. The molecule has 0 aliphatic heterocycles. The first-order chi connectivity index (χ1) is 12.3. The van der Waals surface area contributed by atoms with Gasteiger partial charge in [0, 0.05) is 10.7 Å². The lowest BCUT2D eigenvalue weighted by atomic mass is 10.1. The third kappa shape index (κ3) is 5.26. The molecule has 2 aromatic rings. The van der Waals surface area contributed by atoms with Gasteiger partial charge in [0.25, 0.3) is 5.91 Å². The second kappa shape index (κ2) is 9.79. The van der Waals surface area contributed by atoms with Gasteiger partial charge < -0.3 is 10.1 Å². The largest absolute Gasteiger partial charge is 0.382 e. The van der Waals surface area contributed by atoms with Gasteiger partial charge in [0.1, 0.15) is 0 Å². The molecule has 0 radical (unpaired) electrons. The second-order valence-corrected chi connectivity index (χ2v) is 7.44. The average Bonchev–Trinajstić information content (AvgIpc) is 2.60. The van der Waals surface area contributed by atoms with Crippen LogP contribution in [0.2, 0.25) is 5.02 Å². The monoisotopic (exact) mass is 560 g/mol. The molecule has 0 saturated heterocycles. The third-order valence-electron chi connectivity index (χ3n) is 3.15. The Morgan fingerprint density at radius 1 is 1.27 bits per heavy atom. The van der Waals surface area contributed by atoms with Gasteiger partial charge in [-0.05, 0) is 62.8 Å². The highest BCUT2D eigenvalue weighted by Crippen LogP contribution is 2.34. The number of hydrogen-bond donors (Lipinski definition) is 2. The molecular weight excluding hydrogens is 548 g/mol. The Hall–Kier alpha value is -1.01. The van der Waals surface area contributed by atoms with E-state index in [2.05, 4.69) is 49.3 Å². The van der Waals surface area contributed by atoms with Crippen LogP contribution in [0.15, 0.2) is 28.7 Å². The fourth-order valence-corrected chi connectivity index (χ4v) is 3.22. The normalized spacial score (nSPS) is 10.7. The number of nitrogens with one attached hydrogen (secondary N) is 2. The van der Waals surface area contributed by atoms with Crippen LogP contribution in [0.1, 0.15) is 10.4 Å². The Balaban J connectivity index is 2.36. The molecule has 0 saturated carbocycles. The number of benzene rings is 2. The van der Waals surface area contributed by atoms with Crippen molar-refractivity contribution in [2.45, 2.75) is 0 Å². The van der Waals surface area contributed by atoms with Crippen LogP contribution in [0.3, 0.4) is 0 Å². The fourth-order valence-electron chi connectivity index (χ4n) is 1.92. The minimum absolute atomic E-state index is 0.0960. The Morgan fingerprint density at radius 2 is 2.00 bits per heavy atom. The van der Waals surface area contributed by atoms with Crippen LogP contribution in [-0.2, 0) is 9.57 Å². The van der Waals surface area contributed by atoms with Crippen molar-refractivity contribution in [3.05, 3.63) is 54.5 Å². The molecule has 0 bridgehead atoms. The first-order valence-electron chi connectivity index (χ1n) is 7.15. The Bertz CT molecular complexity index is 827. The molecule has 10 heteroatoms. The predicted molar refractivity (Wildman–Crippen MR) is 107 cm³/mol. The van der Waals surface area contributed by atoms with E-state index >= 15 is 0 Å². The molecular formula is C16H13BrClF2IN2O3. The number of hydroxylamine groups is 1. The van der Waals surface area contributed by atoms with Crippen molar-refractivity contribution in [2.75, 3.05) is 25.6 Å². The molecule has 2 N–H and O–H groups in total. The van der Waals surface area contributed by atoms with Crippen LogP contribution in [-0.4, -0.2) is 26.2 Å². The van der Waals surface area contributed by atoms with E-state index < -0.39 is 17.5 Å². The molecule has 0 spiro atoms. The summed E-state index contributed by atoms with van der Waals surface area (Å²) in [5, 5.41) is 2.97. The fraction of sp³-hybridized carbons (Fsp3) is 0.188. The maximum atomic E-state index is 14.5. The predicted octanol–water partition coefficient (Wildman–Crippen LogP) is 5.04. The summed E-state index contributed by atoms with van der Waals surface area (Å²) in [4.78, 5) is 17.2. The minimum Gasteiger partial charge on any atom is -0.382 e. The van der Waals surface area contributed by atoms with Gasteiger partial charge in [-0.3, -0.25) is 9.63 Å². The van der Waals surface area contributed by atoms with Crippen LogP contribution in [0.5, 0.6) is 0 Å². The van der Waals surface area contributed by atoms with Crippen molar-refractivity contribution in [1.82, 2.24) is 5.48 Å². The van der Waals surface area contributed by atoms with E-state index in [9.17, 15) is 13.6 Å². The zero-order chi connectivity index (χ0) is 19.3. The first-order valence-corrected chi connectivity index (χ1v) is 9.40. The highest BCUT2D eigenvalue weighted by Gasteiger charge is 2.22. The highest BCUT2D eigenvalue weighted by molar-refractivity contribution is 14.1. The van der Waals surface area contributed by atoms with Crippen molar-refractivity contribution in [1.29, 1.82) is 0 Å². The number of halogens is 5. The summed E-state index contributed by atoms with van der Waals surface area (Å²) in [6, 6.07) is 6.12. The lowest BCUT2D eigenvalue weighted by Crippen LogP contribution is -2.26. The number of carbonyl (C=O) groups is 1. The molecule has 0 fully saturated rings. The summed E-state index contributed by atoms with van der Waals surface area (Å²) < 4.78 is 33.9. The molecule has 2 rings (SSSR count). The van der Waals surface area contributed by atoms with E-state index in [0.717, 1.165) is 9.64 Å². The summed E-state index contributed by atoms with van der Waals surface area (Å²) in [6.45, 7) is 0.351. The first kappa shape index (κ1) is 21.3. The van der Waals surface area contributed by atoms with E-state index in [1.54, 1.807) is 18.2 Å². The summed E-state index contributed by atoms with van der Waals surface area (Å²) in [7, 11) is 1.48. The van der Waals surface area contributed by atoms with Gasteiger partial charge in [-0.25, -0.2) is 14.3 Å². The molecule has 5 nitrogen and oxygen atoms in total. The molecule has 0 aliphatic rings. The van der Waals surface area contributed by atoms with Gasteiger partial charge in [0.2, 0.25) is 0 Å². The Kier molecular flexibility index (Phi) is 8.02. The lowest BCUT2D eigenvalue weighted by Gasteiger charge is -2.15. The van der Waals surface area contributed by atoms with Crippen molar-refractivity contribution in [2.24, 2.45) is 0 Å². The van der Waals surface area contributed by atoms with E-state index in [1.807, 2.05) is 0 Å². The highest BCUT2D eigenvalue weighted by atomic mass is 127. The topological polar surface area (TPSA) is 59.6 Å². The van der Waals surface area contributed by atoms with Crippen molar-refractivity contribution >= 4 is 67.4 Å². The van der Waals surface area contributed by atoms with Gasteiger partial charge in [0.05, 0.1) is 39.6 Å². The number of carbonyl (C=O) groups excluding carboxylic acids is 1. The molecule has 140 valence electrons. The van der Waals surface area contributed by atoms with Crippen LogP contribution in [0.25, 0.3) is 0 Å². The summed E-state index contributed by atoms with van der Waals surface area (Å²) >= 11 is 11.1. The van der Waals surface area contributed by atoms with Gasteiger partial charge in [-0.15, -0.1) is 0 Å². The van der Waals surface area contributed by atoms with Crippen molar-refractivity contribution < 1.29 is 23.1 Å². The second-order valence-electron chi connectivity index (χ2n) is 4.93. The minimum atomic E-state index is -1.23. The zero-order valence-electron chi connectivity index (χ0n) is 13.3. The number of methoxy groups -OCH3 is 1. The molecule has 26 heavy (non-hydrogen) atoms. The molecule has 0 heterocycles. The van der Waals surface area contributed by atoms with Gasteiger partial charge in [0.15, 0.2) is 11.6 Å². The molecule has 0 aromatic heterocycles. The molecule has 2 aromatic carbocycles. The van der Waals surface area contributed by atoms with Crippen LogP contribution >= 0.6 is 50.1 Å². The van der Waals surface area contributed by atoms with Gasteiger partial charge >= 0.3 is 0 Å². The van der Waals surface area contributed by atoms with Crippen LogP contribution < -0.4 is 10.8 Å². The maximum Gasteiger partial charge on any atom is 0.277 e. The molecule has 0 atom stereocenters. The van der Waals surface area contributed by atoms with E-state index in [-0.39, 0.29) is 28.9 Å². The van der Waals surface area contributed by atoms with E-state index in [1.165, 1.54) is 7.11 Å². The third-order valence-corrected chi connectivity index (χ3v) is 4.71. The number of anilines is 2. The van der Waals surface area contributed by atoms with Crippen LogP contribution in [0, 0.1) is 15.2 Å². The van der Waals surface area contributed by atoms with Crippen molar-refractivity contribution in [3.63, 3.8) is 0 Å². The summed E-state index contributed by atoms with van der Waals surface area (Å²) in [5.74, 6) is -3.12. The van der Waals surface area contributed by atoms with Crippen molar-refractivity contribution in [3.8, 4) is 0 Å². The van der Waals surface area contributed by atoms with E-state index in [0.29, 0.717) is 10.7 Å². The van der Waals surface area contributed by atoms with Crippen LogP contribution in [0.4, 0.5) is 20.2 Å². The smallest absolute Gasteiger partial charge is 0.277 e. The molecule has 1 amide bonds. The Labute approximate surface area is 175 Å². The Morgan fingerprint density at radius 3 is 2.65 bits per heavy atom. The number of hydrogen-bond acceptors (Lipinski definition) is 4. The number of amides is 1. The number of ether oxygens (including phenoxy) is 1. The summed E-state index contributed by atoms with van der Waals surface area (Å²) in [6.07, 6.45) is 0.